The third-order valence-electron chi connectivity index (χ3n) is 2.62. The first-order chi connectivity index (χ1) is 10.6. The van der Waals surface area contributed by atoms with Crippen molar-refractivity contribution in [1.82, 2.24) is 20.3 Å². The van der Waals surface area contributed by atoms with Gasteiger partial charge in [-0.2, -0.15) is 9.90 Å². The molecule has 0 fully saturated rings. The molecule has 1 aromatic carbocycles. The highest BCUT2D eigenvalue weighted by molar-refractivity contribution is 6.30. The van der Waals surface area contributed by atoms with Crippen molar-refractivity contribution in [1.29, 1.82) is 0 Å². The van der Waals surface area contributed by atoms with Gasteiger partial charge in [-0.3, -0.25) is 10.1 Å². The number of nitrogens with one attached hydrogen (secondary N) is 2. The summed E-state index contributed by atoms with van der Waals surface area (Å²) in [5.41, 5.74) is 0.891. The van der Waals surface area contributed by atoms with E-state index < -0.39 is 6.09 Å². The number of amides is 2. The fourth-order valence-electron chi connectivity index (χ4n) is 1.62. The van der Waals surface area contributed by atoms with Gasteiger partial charge in [0.2, 0.25) is 5.91 Å². The van der Waals surface area contributed by atoms with Crippen LogP contribution in [0.4, 0.5) is 10.6 Å². The van der Waals surface area contributed by atoms with Crippen LogP contribution in [-0.4, -0.2) is 34.1 Å². The molecule has 0 atom stereocenters. The number of ether oxygens (including phenoxy) is 1. The Bertz CT molecular complexity index is 673. The molecule has 0 radical (unpaired) electrons. The van der Waals surface area contributed by atoms with E-state index in [9.17, 15) is 9.59 Å². The van der Waals surface area contributed by atoms with E-state index in [4.69, 9.17) is 11.6 Å². The predicted molar refractivity (Wildman–Crippen MR) is 79.3 cm³/mol. The van der Waals surface area contributed by atoms with E-state index in [1.807, 2.05) is 12.1 Å². The molecule has 0 aliphatic heterocycles. The highest BCUT2D eigenvalue weighted by Gasteiger charge is 2.08. The Hall–Kier alpha value is -2.61. The first-order valence-corrected chi connectivity index (χ1v) is 6.71. The van der Waals surface area contributed by atoms with Crippen molar-refractivity contribution in [2.24, 2.45) is 0 Å². The minimum Gasteiger partial charge on any atom is -0.453 e. The molecular formula is C13H14ClN5O3. The maximum Gasteiger partial charge on any atom is 0.412 e. The number of methoxy groups -OCH3 is 1. The van der Waals surface area contributed by atoms with Crippen LogP contribution in [0.25, 0.3) is 0 Å². The molecule has 0 bridgehead atoms. The number of carbonyl (C=O) groups excluding carboxylic acids is 2. The quantitative estimate of drug-likeness (QED) is 0.867. The van der Waals surface area contributed by atoms with E-state index in [2.05, 4.69) is 25.6 Å². The van der Waals surface area contributed by atoms with Crippen molar-refractivity contribution in [2.45, 2.75) is 13.1 Å². The summed E-state index contributed by atoms with van der Waals surface area (Å²) in [5.74, 6) is -0.0605. The smallest absolute Gasteiger partial charge is 0.412 e. The van der Waals surface area contributed by atoms with Crippen molar-refractivity contribution < 1.29 is 14.3 Å². The van der Waals surface area contributed by atoms with Crippen LogP contribution >= 0.6 is 11.6 Å². The SMILES string of the molecule is COC(=O)Nc1cnn(CC(=O)NCc2cccc(Cl)c2)n1. The lowest BCUT2D eigenvalue weighted by molar-refractivity contribution is -0.122. The summed E-state index contributed by atoms with van der Waals surface area (Å²) in [7, 11) is 1.24. The molecule has 1 aromatic heterocycles. The van der Waals surface area contributed by atoms with Gasteiger partial charge in [-0.1, -0.05) is 23.7 Å². The third kappa shape index (κ3) is 4.74. The predicted octanol–water partition coefficient (Wildman–Crippen LogP) is 1.43. The van der Waals surface area contributed by atoms with E-state index in [1.165, 1.54) is 18.1 Å². The van der Waals surface area contributed by atoms with Gasteiger partial charge in [0.15, 0.2) is 5.82 Å². The first kappa shape index (κ1) is 15.8. The molecule has 9 heteroatoms. The number of aromatic nitrogens is 3. The van der Waals surface area contributed by atoms with Crippen molar-refractivity contribution in [3.05, 3.63) is 41.0 Å². The molecule has 2 N–H and O–H groups in total. The molecule has 22 heavy (non-hydrogen) atoms. The largest absolute Gasteiger partial charge is 0.453 e. The summed E-state index contributed by atoms with van der Waals surface area (Å²) in [6.45, 7) is 0.289. The van der Waals surface area contributed by atoms with Gasteiger partial charge in [0.25, 0.3) is 0 Å². The van der Waals surface area contributed by atoms with Gasteiger partial charge in [-0.25, -0.2) is 4.79 Å². The normalized spacial score (nSPS) is 10.1. The summed E-state index contributed by atoms with van der Waals surface area (Å²) >= 11 is 5.86. The maximum atomic E-state index is 11.8. The average molecular weight is 324 g/mol. The van der Waals surface area contributed by atoms with Crippen LogP contribution in [0.1, 0.15) is 5.56 Å². The Labute approximate surface area is 131 Å². The Kier molecular flexibility index (Phi) is 5.31. The van der Waals surface area contributed by atoms with Gasteiger partial charge in [-0.05, 0) is 17.7 Å². The summed E-state index contributed by atoms with van der Waals surface area (Å²) in [6, 6.07) is 7.20. The number of hydrogen-bond donors (Lipinski definition) is 2. The zero-order valence-electron chi connectivity index (χ0n) is 11.7. The summed E-state index contributed by atoms with van der Waals surface area (Å²) in [6.07, 6.45) is 0.665. The Morgan fingerprint density at radius 3 is 2.95 bits per heavy atom. The van der Waals surface area contributed by atoms with E-state index >= 15 is 0 Å². The van der Waals surface area contributed by atoms with Crippen LogP contribution in [0.3, 0.4) is 0 Å². The molecule has 0 aliphatic carbocycles. The van der Waals surface area contributed by atoms with Gasteiger partial charge in [0.1, 0.15) is 6.54 Å². The topological polar surface area (TPSA) is 98.1 Å². The molecule has 2 amide bonds. The molecule has 1 heterocycles. The van der Waals surface area contributed by atoms with E-state index in [0.717, 1.165) is 5.56 Å². The molecule has 0 aliphatic rings. The fraction of sp³-hybridized carbons (Fsp3) is 0.231. The first-order valence-electron chi connectivity index (χ1n) is 6.33. The maximum absolute atomic E-state index is 11.8. The molecule has 116 valence electrons. The molecule has 0 spiro atoms. The minimum atomic E-state index is -0.655. The minimum absolute atomic E-state index is 0.0661. The standard InChI is InChI=1S/C13H14ClN5O3/c1-22-13(21)17-11-7-16-19(18-11)8-12(20)15-6-9-3-2-4-10(14)5-9/h2-5,7H,6,8H2,1H3,(H,15,20)(H,17,18,21). The zero-order chi connectivity index (χ0) is 15.9. The number of benzene rings is 1. The molecule has 0 saturated heterocycles. The molecule has 2 rings (SSSR count). The van der Waals surface area contributed by atoms with Gasteiger partial charge in [-0.15, -0.1) is 5.10 Å². The lowest BCUT2D eigenvalue weighted by Gasteiger charge is -2.05. The van der Waals surface area contributed by atoms with Crippen LogP contribution in [0.5, 0.6) is 0 Å². The van der Waals surface area contributed by atoms with Crippen molar-refractivity contribution in [3.63, 3.8) is 0 Å². The Balaban J connectivity index is 1.83. The number of nitrogens with zero attached hydrogens (tertiary/aromatic N) is 3. The lowest BCUT2D eigenvalue weighted by Crippen LogP contribution is -2.28. The van der Waals surface area contributed by atoms with Gasteiger partial charge < -0.3 is 10.1 Å². The van der Waals surface area contributed by atoms with E-state index in [-0.39, 0.29) is 18.3 Å². The van der Waals surface area contributed by atoms with Gasteiger partial charge in [0, 0.05) is 11.6 Å². The third-order valence-corrected chi connectivity index (χ3v) is 2.85. The summed E-state index contributed by atoms with van der Waals surface area (Å²) in [5, 5.41) is 13.5. The number of carbonyl (C=O) groups is 2. The Morgan fingerprint density at radius 2 is 2.23 bits per heavy atom. The molecule has 2 aromatic rings. The highest BCUT2D eigenvalue weighted by Crippen LogP contribution is 2.10. The number of halogens is 1. The highest BCUT2D eigenvalue weighted by atomic mass is 35.5. The second-order valence-corrected chi connectivity index (χ2v) is 4.72. The van der Waals surface area contributed by atoms with Crippen LogP contribution in [0.15, 0.2) is 30.5 Å². The van der Waals surface area contributed by atoms with Crippen molar-refractivity contribution in [2.75, 3.05) is 12.4 Å². The van der Waals surface area contributed by atoms with Crippen LogP contribution in [0.2, 0.25) is 5.02 Å². The van der Waals surface area contributed by atoms with Crippen LogP contribution in [-0.2, 0) is 22.6 Å². The average Bonchev–Trinajstić information content (AvgIpc) is 2.92. The van der Waals surface area contributed by atoms with Crippen molar-refractivity contribution >= 4 is 29.4 Å². The van der Waals surface area contributed by atoms with Gasteiger partial charge >= 0.3 is 6.09 Å². The molecule has 0 saturated carbocycles. The molecule has 0 unspecified atom stereocenters. The van der Waals surface area contributed by atoms with Crippen LogP contribution < -0.4 is 10.6 Å². The number of rotatable bonds is 5. The Morgan fingerprint density at radius 1 is 1.41 bits per heavy atom. The van der Waals surface area contributed by atoms with Gasteiger partial charge in [0.05, 0.1) is 13.3 Å². The molecular weight excluding hydrogens is 310 g/mol. The van der Waals surface area contributed by atoms with Crippen LogP contribution in [0, 0.1) is 0 Å². The summed E-state index contributed by atoms with van der Waals surface area (Å²) < 4.78 is 4.42. The lowest BCUT2D eigenvalue weighted by atomic mass is 10.2. The monoisotopic (exact) mass is 323 g/mol. The zero-order valence-corrected chi connectivity index (χ0v) is 12.5. The fourth-order valence-corrected chi connectivity index (χ4v) is 1.83. The second kappa shape index (κ2) is 7.41. The number of anilines is 1. The van der Waals surface area contributed by atoms with E-state index in [1.54, 1.807) is 12.1 Å². The van der Waals surface area contributed by atoms with E-state index in [0.29, 0.717) is 11.6 Å². The summed E-state index contributed by atoms with van der Waals surface area (Å²) in [4.78, 5) is 24.0. The number of hydrogen-bond acceptors (Lipinski definition) is 5. The molecule has 8 nitrogen and oxygen atoms in total. The second-order valence-electron chi connectivity index (χ2n) is 4.28. The van der Waals surface area contributed by atoms with Crippen molar-refractivity contribution in [3.8, 4) is 0 Å².